The van der Waals surface area contributed by atoms with Crippen molar-refractivity contribution >= 4 is 23.9 Å². The van der Waals surface area contributed by atoms with Gasteiger partial charge < -0.3 is 25.1 Å². The molecule has 0 saturated carbocycles. The lowest BCUT2D eigenvalue weighted by Crippen LogP contribution is -2.42. The summed E-state index contributed by atoms with van der Waals surface area (Å²) in [6.07, 6.45) is 3.29. The van der Waals surface area contributed by atoms with Gasteiger partial charge in [0.05, 0.1) is 11.8 Å². The molecule has 0 amide bonds. The molecule has 40 heavy (non-hydrogen) atoms. The largest absolute Gasteiger partial charge is 0.480 e. The van der Waals surface area contributed by atoms with Crippen LogP contribution in [-0.2, 0) is 23.9 Å². The van der Waals surface area contributed by atoms with Crippen molar-refractivity contribution in [2.45, 2.75) is 112 Å². The van der Waals surface area contributed by atoms with Crippen molar-refractivity contribution in [3.8, 4) is 11.5 Å². The first kappa shape index (κ1) is 35.1. The SMILES string of the molecule is CCCC(C)C(=O)Oc1ccc(C(C(C)C(C)OC(=O)CC(C)CC)[C@H](N)C(=O)O)cc1OC(=O)C(C)CCC. The molecular weight excluding hydrogens is 514 g/mol. The van der Waals surface area contributed by atoms with Gasteiger partial charge in [-0.25, -0.2) is 0 Å². The van der Waals surface area contributed by atoms with E-state index in [4.69, 9.17) is 19.9 Å². The predicted octanol–water partition coefficient (Wildman–Crippen LogP) is 5.87. The molecule has 9 nitrogen and oxygen atoms in total. The van der Waals surface area contributed by atoms with E-state index in [1.54, 1.807) is 33.8 Å². The van der Waals surface area contributed by atoms with Gasteiger partial charge in [-0.15, -0.1) is 0 Å². The number of nitrogens with two attached hydrogens (primary N) is 1. The van der Waals surface area contributed by atoms with E-state index in [1.807, 2.05) is 27.7 Å². The molecule has 0 spiro atoms. The molecule has 1 rings (SSSR count). The van der Waals surface area contributed by atoms with Crippen LogP contribution in [0.2, 0.25) is 0 Å². The monoisotopic (exact) mass is 563 g/mol. The maximum absolute atomic E-state index is 12.8. The van der Waals surface area contributed by atoms with E-state index in [0.29, 0.717) is 18.4 Å². The molecule has 0 aliphatic rings. The summed E-state index contributed by atoms with van der Waals surface area (Å²) in [6.45, 7) is 14.9. The quantitative estimate of drug-likeness (QED) is 0.176. The van der Waals surface area contributed by atoms with E-state index in [-0.39, 0.29) is 35.7 Å². The molecule has 0 radical (unpaired) electrons. The van der Waals surface area contributed by atoms with Crippen LogP contribution in [0.5, 0.6) is 11.5 Å². The van der Waals surface area contributed by atoms with Gasteiger partial charge in [-0.3, -0.25) is 19.2 Å². The Bertz CT molecular complexity index is 994. The van der Waals surface area contributed by atoms with Gasteiger partial charge in [0.15, 0.2) is 11.5 Å². The van der Waals surface area contributed by atoms with Crippen LogP contribution in [0.4, 0.5) is 0 Å². The normalized spacial score (nSPS) is 16.5. The number of hydrogen-bond donors (Lipinski definition) is 2. The zero-order valence-electron chi connectivity index (χ0n) is 25.4. The Morgan fingerprint density at radius 1 is 0.850 bits per heavy atom. The van der Waals surface area contributed by atoms with Gasteiger partial charge in [0.25, 0.3) is 0 Å². The van der Waals surface area contributed by atoms with Crippen LogP contribution in [0.1, 0.15) is 105 Å². The Morgan fingerprint density at radius 2 is 1.38 bits per heavy atom. The maximum atomic E-state index is 12.8. The molecule has 6 unspecified atom stereocenters. The zero-order chi connectivity index (χ0) is 30.6. The third-order valence-corrected chi connectivity index (χ3v) is 7.53. The summed E-state index contributed by atoms with van der Waals surface area (Å²) < 4.78 is 17.0. The molecular formula is C31H49NO8. The van der Waals surface area contributed by atoms with Crippen molar-refractivity contribution in [3.63, 3.8) is 0 Å². The van der Waals surface area contributed by atoms with Gasteiger partial charge in [0.1, 0.15) is 12.1 Å². The maximum Gasteiger partial charge on any atom is 0.321 e. The van der Waals surface area contributed by atoms with Crippen LogP contribution in [0.25, 0.3) is 0 Å². The number of esters is 3. The molecule has 0 heterocycles. The molecule has 0 saturated heterocycles. The van der Waals surface area contributed by atoms with Crippen molar-refractivity contribution in [3.05, 3.63) is 23.8 Å². The highest BCUT2D eigenvalue weighted by atomic mass is 16.6. The van der Waals surface area contributed by atoms with Gasteiger partial charge >= 0.3 is 23.9 Å². The Balaban J connectivity index is 3.47. The van der Waals surface area contributed by atoms with Crippen molar-refractivity contribution in [2.75, 3.05) is 0 Å². The van der Waals surface area contributed by atoms with Crippen molar-refractivity contribution in [1.29, 1.82) is 0 Å². The van der Waals surface area contributed by atoms with Gasteiger partial charge in [-0.2, -0.15) is 0 Å². The average molecular weight is 564 g/mol. The molecule has 3 N–H and O–H groups in total. The number of benzene rings is 1. The van der Waals surface area contributed by atoms with Gasteiger partial charge in [-0.05, 0) is 43.4 Å². The number of ether oxygens (including phenoxy) is 3. The fraction of sp³-hybridized carbons (Fsp3) is 0.677. The summed E-state index contributed by atoms with van der Waals surface area (Å²) in [6, 6.07) is 3.26. The summed E-state index contributed by atoms with van der Waals surface area (Å²) >= 11 is 0. The highest BCUT2D eigenvalue weighted by molar-refractivity contribution is 5.79. The molecule has 226 valence electrons. The molecule has 0 fully saturated rings. The fourth-order valence-electron chi connectivity index (χ4n) is 4.49. The number of carbonyl (C=O) groups is 4. The van der Waals surface area contributed by atoms with Crippen molar-refractivity contribution in [1.82, 2.24) is 0 Å². The Morgan fingerprint density at radius 3 is 1.85 bits per heavy atom. The summed E-state index contributed by atoms with van der Waals surface area (Å²) in [5.74, 6) is -4.35. The molecule has 0 aliphatic carbocycles. The van der Waals surface area contributed by atoms with Crippen LogP contribution in [-0.4, -0.2) is 41.1 Å². The van der Waals surface area contributed by atoms with E-state index < -0.39 is 47.8 Å². The minimum atomic E-state index is -1.34. The molecule has 0 aromatic heterocycles. The smallest absolute Gasteiger partial charge is 0.321 e. The van der Waals surface area contributed by atoms with Gasteiger partial charge in [-0.1, -0.05) is 73.8 Å². The molecule has 0 bridgehead atoms. The first-order chi connectivity index (χ1) is 18.8. The summed E-state index contributed by atoms with van der Waals surface area (Å²) in [7, 11) is 0. The predicted molar refractivity (Wildman–Crippen MR) is 153 cm³/mol. The van der Waals surface area contributed by atoms with Gasteiger partial charge in [0.2, 0.25) is 0 Å². The van der Waals surface area contributed by atoms with Gasteiger partial charge in [0, 0.05) is 18.3 Å². The summed E-state index contributed by atoms with van der Waals surface area (Å²) in [4.78, 5) is 50.0. The highest BCUT2D eigenvalue weighted by Gasteiger charge is 2.36. The van der Waals surface area contributed by atoms with Crippen molar-refractivity contribution in [2.24, 2.45) is 29.4 Å². The number of aliphatic carboxylic acids is 1. The fourth-order valence-corrected chi connectivity index (χ4v) is 4.49. The first-order valence-corrected chi connectivity index (χ1v) is 14.5. The van der Waals surface area contributed by atoms with E-state index in [1.165, 1.54) is 12.1 Å². The topological polar surface area (TPSA) is 142 Å². The molecule has 0 aliphatic heterocycles. The van der Waals surface area contributed by atoms with Crippen LogP contribution in [0.3, 0.4) is 0 Å². The highest BCUT2D eigenvalue weighted by Crippen LogP contribution is 2.38. The number of carboxylic acids is 1. The number of carbonyl (C=O) groups excluding carboxylic acids is 3. The lowest BCUT2D eigenvalue weighted by molar-refractivity contribution is -0.152. The lowest BCUT2D eigenvalue weighted by Gasteiger charge is -2.32. The first-order valence-electron chi connectivity index (χ1n) is 14.5. The van der Waals surface area contributed by atoms with E-state index in [9.17, 15) is 24.3 Å². The third kappa shape index (κ3) is 10.6. The second-order valence-corrected chi connectivity index (χ2v) is 11.1. The molecule has 9 heteroatoms. The Hall–Kier alpha value is -2.94. The minimum Gasteiger partial charge on any atom is -0.480 e. The molecule has 1 aromatic rings. The lowest BCUT2D eigenvalue weighted by atomic mass is 9.79. The van der Waals surface area contributed by atoms with Crippen LogP contribution < -0.4 is 15.2 Å². The summed E-state index contributed by atoms with van der Waals surface area (Å²) in [5, 5.41) is 9.82. The zero-order valence-corrected chi connectivity index (χ0v) is 25.4. The van der Waals surface area contributed by atoms with E-state index in [2.05, 4.69) is 0 Å². The number of carboxylic acid groups (broad SMARTS) is 1. The van der Waals surface area contributed by atoms with Crippen molar-refractivity contribution < 1.29 is 38.5 Å². The minimum absolute atomic E-state index is 0.0127. The van der Waals surface area contributed by atoms with E-state index in [0.717, 1.165) is 19.3 Å². The Labute approximate surface area is 239 Å². The van der Waals surface area contributed by atoms with Crippen LogP contribution in [0.15, 0.2) is 18.2 Å². The van der Waals surface area contributed by atoms with Crippen LogP contribution >= 0.6 is 0 Å². The molecule has 7 atom stereocenters. The second kappa shape index (κ2) is 17.0. The van der Waals surface area contributed by atoms with Crippen LogP contribution in [0, 0.1) is 23.7 Å². The second-order valence-electron chi connectivity index (χ2n) is 11.1. The Kier molecular flexibility index (Phi) is 14.9. The van der Waals surface area contributed by atoms with E-state index >= 15 is 0 Å². The standard InChI is InChI=1S/C31H49NO8/c1-9-12-19(5)30(36)39-24-15-14-23(17-25(24)40-31(37)20(6)13-10-2)27(28(32)29(34)35)21(7)22(8)38-26(33)16-18(4)11-3/h14-15,17-22,27-28H,9-13,16,32H2,1-8H3,(H,34,35)/t18?,19?,20?,21?,22?,27?,28-/m0/s1. The number of hydrogen-bond acceptors (Lipinski definition) is 8. The third-order valence-electron chi connectivity index (χ3n) is 7.53. The number of rotatable bonds is 17. The average Bonchev–Trinajstić information content (AvgIpc) is 2.89. The summed E-state index contributed by atoms with van der Waals surface area (Å²) in [5.41, 5.74) is 6.62. The molecule has 1 aromatic carbocycles.